The second kappa shape index (κ2) is 9.92. The molecular weight excluding hydrogens is 470 g/mol. The second-order valence-corrected chi connectivity index (χ2v) is 9.06. The zero-order valence-corrected chi connectivity index (χ0v) is 20.6. The summed E-state index contributed by atoms with van der Waals surface area (Å²) >= 11 is 0. The van der Waals surface area contributed by atoms with Crippen molar-refractivity contribution in [2.24, 2.45) is 0 Å². The Labute approximate surface area is 207 Å². The fraction of sp³-hybridized carbons (Fsp3) is 0.542. The van der Waals surface area contributed by atoms with Crippen molar-refractivity contribution in [1.29, 1.82) is 0 Å². The minimum atomic E-state index is -2.81. The van der Waals surface area contributed by atoms with Gasteiger partial charge in [0.15, 0.2) is 5.82 Å². The third kappa shape index (κ3) is 4.45. The number of rotatable bonds is 5. The molecule has 0 unspecified atom stereocenters. The van der Waals surface area contributed by atoms with Crippen molar-refractivity contribution in [3.8, 4) is 5.95 Å². The van der Waals surface area contributed by atoms with Crippen molar-refractivity contribution in [3.05, 3.63) is 30.1 Å². The SMILES string of the molecule is CCC(=O)N1CCN(c2nc(N3CCO[C@H](C)[C@H]3C)nc(-n3c(C(F)F)nc4ccccc43)n2)CC1. The fourth-order valence-corrected chi connectivity index (χ4v) is 4.71. The van der Waals surface area contributed by atoms with Gasteiger partial charge in [-0.1, -0.05) is 19.1 Å². The summed E-state index contributed by atoms with van der Waals surface area (Å²) in [5.41, 5.74) is 0.939. The Balaban J connectivity index is 1.60. The van der Waals surface area contributed by atoms with Gasteiger partial charge in [0.2, 0.25) is 23.8 Å². The molecule has 3 aromatic rings. The smallest absolute Gasteiger partial charge is 0.296 e. The number of carbonyl (C=O) groups is 1. The van der Waals surface area contributed by atoms with Crippen molar-refractivity contribution < 1.29 is 18.3 Å². The quantitative estimate of drug-likeness (QED) is 0.528. The summed E-state index contributed by atoms with van der Waals surface area (Å²) in [4.78, 5) is 36.2. The molecule has 2 atom stereocenters. The number of amides is 1. The highest BCUT2D eigenvalue weighted by Crippen LogP contribution is 2.29. The second-order valence-electron chi connectivity index (χ2n) is 9.06. The van der Waals surface area contributed by atoms with Gasteiger partial charge in [-0.05, 0) is 26.0 Å². The van der Waals surface area contributed by atoms with Gasteiger partial charge in [0, 0.05) is 39.1 Å². The predicted molar refractivity (Wildman–Crippen MR) is 131 cm³/mol. The lowest BCUT2D eigenvalue weighted by molar-refractivity contribution is -0.131. The van der Waals surface area contributed by atoms with Gasteiger partial charge in [0.25, 0.3) is 6.43 Å². The van der Waals surface area contributed by atoms with E-state index >= 15 is 0 Å². The van der Waals surface area contributed by atoms with Crippen LogP contribution in [0.2, 0.25) is 0 Å². The number of hydrogen-bond acceptors (Lipinski definition) is 8. The number of fused-ring (bicyclic) bond motifs is 1. The molecule has 2 aromatic heterocycles. The number of hydrogen-bond donors (Lipinski definition) is 0. The van der Waals surface area contributed by atoms with Crippen LogP contribution in [0.5, 0.6) is 0 Å². The van der Waals surface area contributed by atoms with Crippen LogP contribution in [0.4, 0.5) is 20.7 Å². The first-order valence-corrected chi connectivity index (χ1v) is 12.3. The van der Waals surface area contributed by atoms with Gasteiger partial charge < -0.3 is 19.4 Å². The normalized spacial score (nSPS) is 21.0. The first kappa shape index (κ1) is 24.3. The van der Waals surface area contributed by atoms with Crippen LogP contribution in [0, 0.1) is 0 Å². The molecule has 0 spiro atoms. The number of ether oxygens (including phenoxy) is 1. The van der Waals surface area contributed by atoms with E-state index < -0.39 is 12.2 Å². The summed E-state index contributed by atoms with van der Waals surface area (Å²) in [7, 11) is 0. The van der Waals surface area contributed by atoms with Crippen LogP contribution in [0.25, 0.3) is 17.0 Å². The summed E-state index contributed by atoms with van der Waals surface area (Å²) in [6.45, 7) is 9.11. The third-order valence-electron chi connectivity index (χ3n) is 6.94. The molecule has 1 aromatic carbocycles. The minimum absolute atomic E-state index is 0.0185. The number of morpholine rings is 1. The van der Waals surface area contributed by atoms with Crippen LogP contribution in [-0.4, -0.2) is 86.8 Å². The van der Waals surface area contributed by atoms with E-state index in [0.717, 1.165) is 0 Å². The van der Waals surface area contributed by atoms with Crippen LogP contribution in [-0.2, 0) is 9.53 Å². The molecule has 36 heavy (non-hydrogen) atoms. The van der Waals surface area contributed by atoms with Crippen LogP contribution >= 0.6 is 0 Å². The van der Waals surface area contributed by atoms with Crippen molar-refractivity contribution in [1.82, 2.24) is 29.4 Å². The van der Waals surface area contributed by atoms with Gasteiger partial charge in [-0.15, -0.1) is 0 Å². The molecule has 0 aliphatic carbocycles. The average Bonchev–Trinajstić information content (AvgIpc) is 3.30. The average molecular weight is 501 g/mol. The van der Waals surface area contributed by atoms with E-state index in [-0.39, 0.29) is 24.0 Å². The van der Waals surface area contributed by atoms with Crippen LogP contribution in [0.1, 0.15) is 39.4 Å². The van der Waals surface area contributed by atoms with E-state index in [1.54, 1.807) is 24.3 Å². The Morgan fingerprint density at radius 3 is 2.42 bits per heavy atom. The number of benzene rings is 1. The van der Waals surface area contributed by atoms with E-state index in [2.05, 4.69) is 15.0 Å². The van der Waals surface area contributed by atoms with Gasteiger partial charge in [-0.3, -0.25) is 9.36 Å². The number of alkyl halides is 2. The van der Waals surface area contributed by atoms with E-state index in [0.29, 0.717) is 68.7 Å². The molecule has 192 valence electrons. The molecule has 2 aliphatic rings. The third-order valence-corrected chi connectivity index (χ3v) is 6.94. The Morgan fingerprint density at radius 1 is 1.00 bits per heavy atom. The number of para-hydroxylation sites is 2. The maximum absolute atomic E-state index is 14.1. The minimum Gasteiger partial charge on any atom is -0.375 e. The molecule has 4 heterocycles. The molecule has 12 heteroatoms. The molecule has 2 aliphatic heterocycles. The van der Waals surface area contributed by atoms with Crippen molar-refractivity contribution in [2.75, 3.05) is 49.1 Å². The van der Waals surface area contributed by atoms with E-state index in [4.69, 9.17) is 9.72 Å². The van der Waals surface area contributed by atoms with Crippen molar-refractivity contribution in [2.45, 2.75) is 45.8 Å². The summed E-state index contributed by atoms with van der Waals surface area (Å²) < 4.78 is 35.3. The number of aromatic nitrogens is 5. The largest absolute Gasteiger partial charge is 0.375 e. The molecule has 2 fully saturated rings. The Bertz CT molecular complexity index is 1240. The zero-order chi connectivity index (χ0) is 25.4. The first-order valence-electron chi connectivity index (χ1n) is 12.3. The first-order chi connectivity index (χ1) is 17.4. The lowest BCUT2D eigenvalue weighted by atomic mass is 10.1. The summed E-state index contributed by atoms with van der Waals surface area (Å²) in [6.07, 6.45) is -2.40. The summed E-state index contributed by atoms with van der Waals surface area (Å²) in [5, 5.41) is 0. The van der Waals surface area contributed by atoms with E-state index in [1.807, 2.05) is 35.5 Å². The number of carbonyl (C=O) groups excluding carboxylic acids is 1. The highest BCUT2D eigenvalue weighted by Gasteiger charge is 2.31. The standard InChI is InChI=1S/C24H30F2N8O2/c1-4-19(35)31-9-11-32(12-10-31)22-28-23(33-13-14-36-16(3)15(33)2)30-24(29-22)34-18-8-6-5-7-17(18)27-21(34)20(25)26/h5-8,15-16,20H,4,9-14H2,1-3H3/t15-,16-/m1/s1. The van der Waals surface area contributed by atoms with Crippen LogP contribution < -0.4 is 9.80 Å². The molecule has 0 saturated carbocycles. The Hall–Kier alpha value is -3.41. The monoisotopic (exact) mass is 500 g/mol. The fourth-order valence-electron chi connectivity index (χ4n) is 4.71. The number of anilines is 2. The predicted octanol–water partition coefficient (Wildman–Crippen LogP) is 2.82. The molecule has 10 nitrogen and oxygen atoms in total. The Kier molecular flexibility index (Phi) is 6.69. The van der Waals surface area contributed by atoms with Gasteiger partial charge >= 0.3 is 0 Å². The molecule has 0 N–H and O–H groups in total. The lowest BCUT2D eigenvalue weighted by Crippen LogP contribution is -2.50. The molecule has 1 amide bonds. The molecule has 0 radical (unpaired) electrons. The summed E-state index contributed by atoms with van der Waals surface area (Å²) in [6, 6.07) is 6.93. The maximum Gasteiger partial charge on any atom is 0.296 e. The van der Waals surface area contributed by atoms with Gasteiger partial charge in [0.05, 0.1) is 29.8 Å². The highest BCUT2D eigenvalue weighted by molar-refractivity contribution is 5.78. The van der Waals surface area contributed by atoms with Crippen LogP contribution in [0.3, 0.4) is 0 Å². The molecule has 0 bridgehead atoms. The van der Waals surface area contributed by atoms with Crippen molar-refractivity contribution in [3.63, 3.8) is 0 Å². The van der Waals surface area contributed by atoms with Crippen LogP contribution in [0.15, 0.2) is 24.3 Å². The number of imidazole rings is 1. The molecule has 5 rings (SSSR count). The number of nitrogens with zero attached hydrogens (tertiary/aromatic N) is 8. The highest BCUT2D eigenvalue weighted by atomic mass is 19.3. The Morgan fingerprint density at radius 2 is 1.69 bits per heavy atom. The zero-order valence-electron chi connectivity index (χ0n) is 20.6. The van der Waals surface area contributed by atoms with Gasteiger partial charge in [-0.2, -0.15) is 15.0 Å². The summed E-state index contributed by atoms with van der Waals surface area (Å²) in [5.74, 6) is 0.582. The van der Waals surface area contributed by atoms with E-state index in [9.17, 15) is 13.6 Å². The molecule has 2 saturated heterocycles. The van der Waals surface area contributed by atoms with Crippen molar-refractivity contribution >= 4 is 28.8 Å². The molecular formula is C24H30F2N8O2. The topological polar surface area (TPSA) is 92.5 Å². The number of halogens is 2. The number of piperazine rings is 1. The van der Waals surface area contributed by atoms with Gasteiger partial charge in [0.1, 0.15) is 0 Å². The maximum atomic E-state index is 14.1. The lowest BCUT2D eigenvalue weighted by Gasteiger charge is -2.38. The van der Waals surface area contributed by atoms with Gasteiger partial charge in [-0.25, -0.2) is 13.8 Å². The van der Waals surface area contributed by atoms with E-state index in [1.165, 1.54) is 4.57 Å².